The summed E-state index contributed by atoms with van der Waals surface area (Å²) in [6.07, 6.45) is 0.877. The molecule has 162 valence electrons. The number of nitrogens with one attached hydrogen (secondary N) is 2. The highest BCUT2D eigenvalue weighted by atomic mass is 32.2. The molecule has 0 atom stereocenters. The molecule has 0 radical (unpaired) electrons. The Morgan fingerprint density at radius 3 is 2.35 bits per heavy atom. The lowest BCUT2D eigenvalue weighted by Gasteiger charge is -2.11. The van der Waals surface area contributed by atoms with Crippen LogP contribution in [0.1, 0.15) is 23.7 Å². The van der Waals surface area contributed by atoms with Gasteiger partial charge in [0.2, 0.25) is 0 Å². The van der Waals surface area contributed by atoms with E-state index in [0.717, 1.165) is 6.42 Å². The number of anilines is 2. The summed E-state index contributed by atoms with van der Waals surface area (Å²) in [5, 5.41) is 2.77. The van der Waals surface area contributed by atoms with Gasteiger partial charge >= 0.3 is 0 Å². The van der Waals surface area contributed by atoms with Crippen molar-refractivity contribution in [3.05, 3.63) is 78.4 Å². The fourth-order valence-electron chi connectivity index (χ4n) is 2.76. The maximum absolute atomic E-state index is 12.7. The molecule has 0 bridgehead atoms. The Bertz CT molecular complexity index is 1140. The number of sulfonamides is 1. The van der Waals surface area contributed by atoms with Gasteiger partial charge in [0.1, 0.15) is 11.5 Å². The van der Waals surface area contributed by atoms with Crippen LogP contribution in [0.15, 0.2) is 77.7 Å². The van der Waals surface area contributed by atoms with Gasteiger partial charge in [-0.05, 0) is 61.0 Å². The fourth-order valence-corrected chi connectivity index (χ4v) is 3.87. The second kappa shape index (κ2) is 9.99. The van der Waals surface area contributed by atoms with Gasteiger partial charge in [0.15, 0.2) is 0 Å². The number of hydrogen-bond donors (Lipinski definition) is 2. The Hall–Kier alpha value is -3.52. The number of ether oxygens (including phenoxy) is 2. The van der Waals surface area contributed by atoms with E-state index in [9.17, 15) is 13.2 Å². The topological polar surface area (TPSA) is 93.7 Å². The average Bonchev–Trinajstić information content (AvgIpc) is 2.78. The van der Waals surface area contributed by atoms with Gasteiger partial charge in [-0.2, -0.15) is 0 Å². The molecule has 31 heavy (non-hydrogen) atoms. The van der Waals surface area contributed by atoms with E-state index < -0.39 is 15.9 Å². The molecule has 8 heteroatoms. The van der Waals surface area contributed by atoms with Crippen LogP contribution in [0, 0.1) is 0 Å². The lowest BCUT2D eigenvalue weighted by Crippen LogP contribution is -2.16. The van der Waals surface area contributed by atoms with Crippen LogP contribution in [-0.4, -0.2) is 28.0 Å². The number of benzene rings is 3. The lowest BCUT2D eigenvalue weighted by atomic mass is 10.2. The van der Waals surface area contributed by atoms with E-state index in [1.165, 1.54) is 25.3 Å². The van der Waals surface area contributed by atoms with Crippen molar-refractivity contribution in [2.45, 2.75) is 18.2 Å². The van der Waals surface area contributed by atoms with E-state index in [-0.39, 0.29) is 10.5 Å². The van der Waals surface area contributed by atoms with Crippen LogP contribution in [0.4, 0.5) is 11.4 Å². The minimum absolute atomic E-state index is 0.0176. The summed E-state index contributed by atoms with van der Waals surface area (Å²) in [7, 11) is -2.34. The summed E-state index contributed by atoms with van der Waals surface area (Å²) in [4.78, 5) is 12.6. The van der Waals surface area contributed by atoms with E-state index in [2.05, 4.69) is 10.0 Å². The zero-order valence-corrected chi connectivity index (χ0v) is 18.1. The third-order valence-corrected chi connectivity index (χ3v) is 5.69. The number of carbonyl (C=O) groups is 1. The molecule has 1 amide bonds. The zero-order chi connectivity index (χ0) is 22.3. The molecule has 0 saturated carbocycles. The first kappa shape index (κ1) is 22.2. The Labute approximate surface area is 182 Å². The number of hydrogen-bond acceptors (Lipinski definition) is 5. The van der Waals surface area contributed by atoms with Crippen LogP contribution >= 0.6 is 0 Å². The van der Waals surface area contributed by atoms with Crippen molar-refractivity contribution < 1.29 is 22.7 Å². The standard InChI is InChI=1S/C23H24N2O5S/c1-3-14-30-21-8-5-7-19(16-21)24-23(26)17-6-4-9-22(15-17)31(27,28)25-18-10-12-20(29-2)13-11-18/h4-13,15-16,25H,3,14H2,1-2H3,(H,24,26). The predicted molar refractivity (Wildman–Crippen MR) is 120 cm³/mol. The first-order valence-corrected chi connectivity index (χ1v) is 11.2. The molecule has 0 aliphatic heterocycles. The molecule has 2 N–H and O–H groups in total. The molecule has 3 aromatic carbocycles. The minimum Gasteiger partial charge on any atom is -0.497 e. The van der Waals surface area contributed by atoms with E-state index in [4.69, 9.17) is 9.47 Å². The smallest absolute Gasteiger partial charge is 0.261 e. The normalized spacial score (nSPS) is 10.9. The summed E-state index contributed by atoms with van der Waals surface area (Å²) < 4.78 is 38.6. The maximum Gasteiger partial charge on any atom is 0.261 e. The molecule has 3 rings (SSSR count). The second-order valence-electron chi connectivity index (χ2n) is 6.69. The molecule has 0 aliphatic carbocycles. The molecule has 0 spiro atoms. The highest BCUT2D eigenvalue weighted by Gasteiger charge is 2.17. The minimum atomic E-state index is -3.87. The molecule has 0 heterocycles. The van der Waals surface area contributed by atoms with Crippen molar-refractivity contribution in [2.24, 2.45) is 0 Å². The second-order valence-corrected chi connectivity index (χ2v) is 8.37. The monoisotopic (exact) mass is 440 g/mol. The summed E-state index contributed by atoms with van der Waals surface area (Å²) in [5.74, 6) is 0.847. The van der Waals surface area contributed by atoms with Crippen LogP contribution in [0.5, 0.6) is 11.5 Å². The number of carbonyl (C=O) groups excluding carboxylic acids is 1. The third kappa shape index (κ3) is 5.99. The van der Waals surface area contributed by atoms with Gasteiger partial charge in [0.05, 0.1) is 18.6 Å². The van der Waals surface area contributed by atoms with Crippen LogP contribution in [-0.2, 0) is 10.0 Å². The molecular formula is C23H24N2O5S. The molecule has 0 unspecified atom stereocenters. The molecule has 0 saturated heterocycles. The first-order chi connectivity index (χ1) is 14.9. The van der Waals surface area contributed by atoms with Crippen molar-refractivity contribution in [2.75, 3.05) is 23.8 Å². The molecule has 7 nitrogen and oxygen atoms in total. The van der Waals surface area contributed by atoms with Crippen LogP contribution < -0.4 is 19.5 Å². The highest BCUT2D eigenvalue weighted by molar-refractivity contribution is 7.92. The maximum atomic E-state index is 12.7. The molecule has 0 aromatic heterocycles. The van der Waals surface area contributed by atoms with E-state index >= 15 is 0 Å². The van der Waals surface area contributed by atoms with Gasteiger partial charge in [0, 0.05) is 23.0 Å². The van der Waals surface area contributed by atoms with Gasteiger partial charge in [0.25, 0.3) is 15.9 Å². The number of methoxy groups -OCH3 is 1. The Kier molecular flexibility index (Phi) is 7.15. The summed E-state index contributed by atoms with van der Waals surface area (Å²) in [5.41, 5.74) is 1.17. The summed E-state index contributed by atoms with van der Waals surface area (Å²) in [6, 6.07) is 19.4. The number of amides is 1. The fraction of sp³-hybridized carbons (Fsp3) is 0.174. The molecular weight excluding hydrogens is 416 g/mol. The van der Waals surface area contributed by atoms with Gasteiger partial charge in [-0.1, -0.05) is 19.1 Å². The molecule has 0 aliphatic rings. The summed E-state index contributed by atoms with van der Waals surface area (Å²) >= 11 is 0. The lowest BCUT2D eigenvalue weighted by molar-refractivity contribution is 0.102. The quantitative estimate of drug-likeness (QED) is 0.510. The zero-order valence-electron chi connectivity index (χ0n) is 17.3. The Balaban J connectivity index is 1.74. The van der Waals surface area contributed by atoms with Crippen molar-refractivity contribution in [1.29, 1.82) is 0 Å². The first-order valence-electron chi connectivity index (χ1n) is 9.72. The van der Waals surface area contributed by atoms with Crippen LogP contribution in [0.25, 0.3) is 0 Å². The van der Waals surface area contributed by atoms with Crippen molar-refractivity contribution in [1.82, 2.24) is 0 Å². The SMILES string of the molecule is CCCOc1cccc(NC(=O)c2cccc(S(=O)(=O)Nc3ccc(OC)cc3)c2)c1. The van der Waals surface area contributed by atoms with Crippen molar-refractivity contribution >= 4 is 27.3 Å². The third-order valence-electron chi connectivity index (χ3n) is 4.31. The van der Waals surface area contributed by atoms with Crippen LogP contribution in [0.2, 0.25) is 0 Å². The van der Waals surface area contributed by atoms with Gasteiger partial charge in [-0.25, -0.2) is 8.42 Å². The highest BCUT2D eigenvalue weighted by Crippen LogP contribution is 2.21. The molecule has 3 aromatic rings. The van der Waals surface area contributed by atoms with E-state index in [1.54, 1.807) is 48.5 Å². The largest absolute Gasteiger partial charge is 0.497 e. The van der Waals surface area contributed by atoms with Gasteiger partial charge < -0.3 is 14.8 Å². The van der Waals surface area contributed by atoms with E-state index in [0.29, 0.717) is 29.5 Å². The van der Waals surface area contributed by atoms with E-state index in [1.807, 2.05) is 13.0 Å². The molecule has 0 fully saturated rings. The van der Waals surface area contributed by atoms with Gasteiger partial charge in [-0.3, -0.25) is 9.52 Å². The average molecular weight is 441 g/mol. The van der Waals surface area contributed by atoms with Gasteiger partial charge in [-0.15, -0.1) is 0 Å². The predicted octanol–water partition coefficient (Wildman–Crippen LogP) is 4.54. The van der Waals surface area contributed by atoms with Crippen molar-refractivity contribution in [3.8, 4) is 11.5 Å². The Morgan fingerprint density at radius 1 is 0.903 bits per heavy atom. The Morgan fingerprint density at radius 2 is 1.65 bits per heavy atom. The summed E-state index contributed by atoms with van der Waals surface area (Å²) in [6.45, 7) is 2.59. The van der Waals surface area contributed by atoms with Crippen LogP contribution in [0.3, 0.4) is 0 Å². The van der Waals surface area contributed by atoms with Crippen molar-refractivity contribution in [3.63, 3.8) is 0 Å². The number of rotatable bonds is 9.